The Morgan fingerprint density at radius 1 is 1.14 bits per heavy atom. The van der Waals surface area contributed by atoms with E-state index in [9.17, 15) is 9.59 Å². The van der Waals surface area contributed by atoms with Gasteiger partial charge >= 0.3 is 86.1 Å². The van der Waals surface area contributed by atoms with Crippen LogP contribution in [-0.2, 0) is 0 Å². The normalized spacial score (nSPS) is 14.1. The van der Waals surface area contributed by atoms with Crippen LogP contribution in [0.5, 0.6) is 0 Å². The van der Waals surface area contributed by atoms with Crippen LogP contribution in [0.1, 0.15) is 20.7 Å². The standard InChI is InChI=1S/C9H4N2O2Se/c10-5-14-11-8(12)6-3-1-2-4-7(6)9(11)13/h1-4H. The molecule has 4 nitrogen and oxygen atoms in total. The molecule has 1 aromatic rings. The molecule has 1 aliphatic heterocycles. The fraction of sp³-hybridized carbons (Fsp3) is 0. The Hall–Kier alpha value is -1.63. The summed E-state index contributed by atoms with van der Waals surface area (Å²) in [4.78, 5) is 25.0. The van der Waals surface area contributed by atoms with Crippen LogP contribution in [0.25, 0.3) is 0 Å². The van der Waals surface area contributed by atoms with Crippen LogP contribution in [0, 0.1) is 10.2 Å². The Balaban J connectivity index is 2.49. The van der Waals surface area contributed by atoms with Crippen molar-refractivity contribution < 1.29 is 9.59 Å². The minimum atomic E-state index is -0.743. The van der Waals surface area contributed by atoms with E-state index in [4.69, 9.17) is 5.26 Å². The Kier molecular flexibility index (Phi) is 2.08. The van der Waals surface area contributed by atoms with E-state index in [1.54, 1.807) is 24.3 Å². The monoisotopic (exact) mass is 252 g/mol. The predicted octanol–water partition coefficient (Wildman–Crippen LogP) is 0.383. The van der Waals surface area contributed by atoms with Crippen LogP contribution in [0.3, 0.4) is 0 Å². The molecule has 1 aliphatic rings. The first-order valence-corrected chi connectivity index (χ1v) is 5.42. The third-order valence-corrected chi connectivity index (χ3v) is 3.14. The molecule has 0 bridgehead atoms. The number of carbonyl (C=O) groups excluding carboxylic acids is 2. The van der Waals surface area contributed by atoms with Crippen molar-refractivity contribution in [1.82, 2.24) is 3.92 Å². The summed E-state index contributed by atoms with van der Waals surface area (Å²) in [5.74, 6) is -0.709. The summed E-state index contributed by atoms with van der Waals surface area (Å²) in [6.07, 6.45) is 0. The van der Waals surface area contributed by atoms with E-state index in [0.717, 1.165) is 3.92 Å². The third-order valence-electron chi connectivity index (χ3n) is 1.89. The van der Waals surface area contributed by atoms with Crippen LogP contribution >= 0.6 is 0 Å². The number of benzene rings is 1. The van der Waals surface area contributed by atoms with Gasteiger partial charge in [-0.3, -0.25) is 0 Å². The maximum atomic E-state index is 11.6. The van der Waals surface area contributed by atoms with E-state index in [1.807, 2.05) is 4.97 Å². The molecule has 14 heavy (non-hydrogen) atoms. The Labute approximate surface area is 86.5 Å². The molecule has 1 heterocycles. The zero-order chi connectivity index (χ0) is 10.1. The zero-order valence-electron chi connectivity index (χ0n) is 6.93. The van der Waals surface area contributed by atoms with E-state index < -0.39 is 15.2 Å². The molecule has 1 aromatic carbocycles. The molecule has 0 atom stereocenters. The molecule has 0 aromatic heterocycles. The summed E-state index contributed by atoms with van der Waals surface area (Å²) in [5, 5.41) is 8.47. The van der Waals surface area contributed by atoms with Gasteiger partial charge in [0, 0.05) is 0 Å². The van der Waals surface area contributed by atoms with Gasteiger partial charge in [-0.25, -0.2) is 0 Å². The molecule has 0 fully saturated rings. The van der Waals surface area contributed by atoms with Gasteiger partial charge in [0.2, 0.25) is 0 Å². The number of carbonyl (C=O) groups is 2. The molecule has 0 aliphatic carbocycles. The first-order chi connectivity index (χ1) is 6.75. The van der Waals surface area contributed by atoms with E-state index in [2.05, 4.69) is 0 Å². The molecule has 0 radical (unpaired) electrons. The Morgan fingerprint density at radius 3 is 2.07 bits per heavy atom. The molecule has 0 spiro atoms. The number of nitriles is 1. The second-order valence-electron chi connectivity index (χ2n) is 2.63. The summed E-state index contributed by atoms with van der Waals surface area (Å²) in [7, 11) is 0. The van der Waals surface area contributed by atoms with E-state index >= 15 is 0 Å². The number of hydrogen-bond donors (Lipinski definition) is 0. The van der Waals surface area contributed by atoms with Crippen LogP contribution in [0.2, 0.25) is 0 Å². The molecular formula is C9H4N2O2Se. The van der Waals surface area contributed by atoms with Crippen molar-refractivity contribution in [3.8, 4) is 4.97 Å². The first-order valence-electron chi connectivity index (χ1n) is 3.79. The molecule has 0 saturated heterocycles. The zero-order valence-corrected chi connectivity index (χ0v) is 8.64. The molecule has 5 heteroatoms. The average molecular weight is 251 g/mol. The fourth-order valence-corrected chi connectivity index (χ4v) is 2.22. The van der Waals surface area contributed by atoms with Crippen molar-refractivity contribution in [2.45, 2.75) is 0 Å². The molecule has 2 rings (SSSR count). The second-order valence-corrected chi connectivity index (χ2v) is 4.17. The van der Waals surface area contributed by atoms with Gasteiger partial charge in [0.1, 0.15) is 0 Å². The van der Waals surface area contributed by atoms with Crippen molar-refractivity contribution in [3.63, 3.8) is 0 Å². The number of amides is 2. The number of fused-ring (bicyclic) bond motifs is 1. The van der Waals surface area contributed by atoms with Crippen molar-refractivity contribution in [2.24, 2.45) is 0 Å². The molecule has 68 valence electrons. The third kappa shape index (κ3) is 1.13. The summed E-state index contributed by atoms with van der Waals surface area (Å²) in [6, 6.07) is 6.60. The number of imide groups is 1. The second kappa shape index (κ2) is 3.26. The van der Waals surface area contributed by atoms with Gasteiger partial charge in [0.25, 0.3) is 0 Å². The quantitative estimate of drug-likeness (QED) is 0.535. The molecule has 2 amide bonds. The predicted molar refractivity (Wildman–Crippen MR) is 48.3 cm³/mol. The number of rotatable bonds is 1. The number of hydrogen-bond acceptors (Lipinski definition) is 3. The van der Waals surface area contributed by atoms with E-state index in [1.165, 1.54) is 0 Å². The van der Waals surface area contributed by atoms with Crippen LogP contribution < -0.4 is 0 Å². The van der Waals surface area contributed by atoms with Gasteiger partial charge in [-0.15, -0.1) is 0 Å². The average Bonchev–Trinajstić information content (AvgIpc) is 2.45. The topological polar surface area (TPSA) is 61.2 Å². The van der Waals surface area contributed by atoms with Crippen LogP contribution in [-0.4, -0.2) is 30.9 Å². The molecular weight excluding hydrogens is 247 g/mol. The SMILES string of the molecule is N#C[Se]N1C(=O)c2ccccc2C1=O. The first kappa shape index (κ1) is 8.95. The van der Waals surface area contributed by atoms with Gasteiger partial charge in [0.05, 0.1) is 0 Å². The fourth-order valence-electron chi connectivity index (χ4n) is 1.29. The van der Waals surface area contributed by atoms with Crippen LogP contribution in [0.4, 0.5) is 0 Å². The number of nitrogens with zero attached hydrogens (tertiary/aromatic N) is 2. The summed E-state index contributed by atoms with van der Waals surface area (Å²) in [5.41, 5.74) is 0.796. The summed E-state index contributed by atoms with van der Waals surface area (Å²) in [6.45, 7) is 0. The minimum absolute atomic E-state index is 0.354. The van der Waals surface area contributed by atoms with Gasteiger partial charge in [0.15, 0.2) is 0 Å². The Bertz CT molecular complexity index is 429. The summed E-state index contributed by atoms with van der Waals surface area (Å²) >= 11 is -0.743. The molecule has 0 unspecified atom stereocenters. The van der Waals surface area contributed by atoms with Crippen molar-refractivity contribution in [1.29, 1.82) is 5.26 Å². The van der Waals surface area contributed by atoms with Gasteiger partial charge in [-0.2, -0.15) is 0 Å². The van der Waals surface area contributed by atoms with Gasteiger partial charge < -0.3 is 0 Å². The van der Waals surface area contributed by atoms with E-state index in [0.29, 0.717) is 11.1 Å². The van der Waals surface area contributed by atoms with Crippen molar-refractivity contribution in [2.75, 3.05) is 0 Å². The molecule has 0 saturated carbocycles. The maximum absolute atomic E-state index is 11.6. The van der Waals surface area contributed by atoms with Crippen molar-refractivity contribution in [3.05, 3.63) is 35.4 Å². The molecule has 0 N–H and O–H groups in total. The summed E-state index contributed by atoms with van der Waals surface area (Å²) < 4.78 is 1.01. The Morgan fingerprint density at radius 2 is 1.64 bits per heavy atom. The van der Waals surface area contributed by atoms with Gasteiger partial charge in [-0.1, -0.05) is 0 Å². The van der Waals surface area contributed by atoms with Crippen LogP contribution in [0.15, 0.2) is 24.3 Å². The van der Waals surface area contributed by atoms with Crippen molar-refractivity contribution >= 4 is 27.0 Å². The van der Waals surface area contributed by atoms with Gasteiger partial charge in [-0.05, 0) is 0 Å². The van der Waals surface area contributed by atoms with E-state index in [-0.39, 0.29) is 11.8 Å².